The van der Waals surface area contributed by atoms with Crippen LogP contribution in [0.2, 0.25) is 0 Å². The molecule has 0 unspecified atom stereocenters. The topological polar surface area (TPSA) is 91.6 Å². The number of benzene rings is 1. The third kappa shape index (κ3) is 6.85. The molecule has 1 aromatic carbocycles. The highest BCUT2D eigenvalue weighted by molar-refractivity contribution is 14.0. The zero-order valence-electron chi connectivity index (χ0n) is 15.4. The highest BCUT2D eigenvalue weighted by Crippen LogP contribution is 2.28. The molecular weight excluding hydrogens is 457 g/mol. The molecule has 8 heteroatoms. The number of nitrogens with zero attached hydrogens (tertiary/aromatic N) is 2. The van der Waals surface area contributed by atoms with E-state index in [0.717, 1.165) is 36.4 Å². The monoisotopic (exact) mass is 483 g/mol. The molecule has 0 saturated heterocycles. The maximum Gasteiger partial charge on any atom is 0.223 e. The van der Waals surface area contributed by atoms with Crippen molar-refractivity contribution >= 4 is 35.8 Å². The summed E-state index contributed by atoms with van der Waals surface area (Å²) in [4.78, 5) is 16.1. The van der Waals surface area contributed by atoms with Gasteiger partial charge in [-0.05, 0) is 19.8 Å². The zero-order valence-corrected chi connectivity index (χ0v) is 17.7. The van der Waals surface area contributed by atoms with Crippen molar-refractivity contribution in [3.63, 3.8) is 0 Å². The number of aliphatic imine (C=N–C) groups is 1. The van der Waals surface area contributed by atoms with Crippen molar-refractivity contribution in [1.29, 1.82) is 0 Å². The number of carbonyl (C=O) groups is 1. The minimum absolute atomic E-state index is 0. The van der Waals surface area contributed by atoms with E-state index in [1.54, 1.807) is 0 Å². The number of hydrogen-bond acceptors (Lipinski definition) is 4. The lowest BCUT2D eigenvalue weighted by atomic mass is 10.2. The Kier molecular flexibility index (Phi) is 8.56. The van der Waals surface area contributed by atoms with Crippen molar-refractivity contribution in [1.82, 2.24) is 21.1 Å². The Labute approximate surface area is 176 Å². The van der Waals surface area contributed by atoms with Crippen LogP contribution in [-0.2, 0) is 11.3 Å². The average Bonchev–Trinajstić information content (AvgIpc) is 3.42. The summed E-state index contributed by atoms with van der Waals surface area (Å²) in [6, 6.07) is 11.8. The number of guanidine groups is 1. The fourth-order valence-electron chi connectivity index (χ4n) is 2.48. The van der Waals surface area contributed by atoms with Gasteiger partial charge in [-0.25, -0.2) is 4.99 Å². The van der Waals surface area contributed by atoms with Crippen LogP contribution in [0.25, 0.3) is 11.3 Å². The Bertz CT molecular complexity index is 744. The summed E-state index contributed by atoms with van der Waals surface area (Å²) in [6.45, 7) is 4.39. The van der Waals surface area contributed by atoms with Crippen molar-refractivity contribution in [2.75, 3.05) is 19.6 Å². The highest BCUT2D eigenvalue weighted by atomic mass is 127. The van der Waals surface area contributed by atoms with E-state index in [1.165, 1.54) is 0 Å². The summed E-state index contributed by atoms with van der Waals surface area (Å²) in [5.74, 6) is 1.82. The van der Waals surface area contributed by atoms with Crippen molar-refractivity contribution < 1.29 is 9.32 Å². The van der Waals surface area contributed by atoms with E-state index in [2.05, 4.69) is 26.1 Å². The van der Waals surface area contributed by atoms with Gasteiger partial charge in [-0.15, -0.1) is 24.0 Å². The second kappa shape index (κ2) is 10.9. The van der Waals surface area contributed by atoms with E-state index in [4.69, 9.17) is 4.52 Å². The molecule has 0 spiro atoms. The second-order valence-corrected chi connectivity index (χ2v) is 6.24. The van der Waals surface area contributed by atoms with Crippen molar-refractivity contribution in [3.05, 3.63) is 42.1 Å². The van der Waals surface area contributed by atoms with E-state index in [-0.39, 0.29) is 35.8 Å². The number of halogens is 1. The van der Waals surface area contributed by atoms with Crippen LogP contribution < -0.4 is 16.0 Å². The maximum absolute atomic E-state index is 11.6. The molecule has 7 nitrogen and oxygen atoms in total. The molecule has 1 saturated carbocycles. The van der Waals surface area contributed by atoms with Gasteiger partial charge in [0.25, 0.3) is 0 Å². The first kappa shape index (κ1) is 21.2. The summed E-state index contributed by atoms with van der Waals surface area (Å²) in [6.07, 6.45) is 2.04. The molecule has 1 aliphatic rings. The quantitative estimate of drug-likeness (QED) is 0.232. The smallest absolute Gasteiger partial charge is 0.223 e. The van der Waals surface area contributed by atoms with Crippen LogP contribution in [0.1, 0.15) is 25.5 Å². The lowest BCUT2D eigenvalue weighted by Crippen LogP contribution is -2.41. The van der Waals surface area contributed by atoms with Gasteiger partial charge in [-0.3, -0.25) is 4.79 Å². The van der Waals surface area contributed by atoms with Gasteiger partial charge in [0.15, 0.2) is 11.7 Å². The number of aromatic nitrogens is 1. The number of amides is 1. The lowest BCUT2D eigenvalue weighted by molar-refractivity contribution is -0.122. The van der Waals surface area contributed by atoms with Crippen LogP contribution in [0.5, 0.6) is 0 Å². The minimum atomic E-state index is 0. The van der Waals surface area contributed by atoms with Crippen LogP contribution in [0.15, 0.2) is 45.9 Å². The summed E-state index contributed by atoms with van der Waals surface area (Å²) < 4.78 is 5.39. The summed E-state index contributed by atoms with van der Waals surface area (Å²) in [5.41, 5.74) is 1.76. The molecule has 1 fully saturated rings. The van der Waals surface area contributed by atoms with Crippen LogP contribution >= 0.6 is 24.0 Å². The lowest BCUT2D eigenvalue weighted by Gasteiger charge is -2.11. The SMILES string of the molecule is CCNC(=NCc1cc(-c2ccccc2)on1)NCCNC(=O)C1CC1.I. The highest BCUT2D eigenvalue weighted by Gasteiger charge is 2.28. The molecule has 3 N–H and O–H groups in total. The first-order valence-corrected chi connectivity index (χ1v) is 9.07. The largest absolute Gasteiger partial charge is 0.357 e. The zero-order chi connectivity index (χ0) is 18.2. The molecular formula is C19H26IN5O2. The molecule has 1 heterocycles. The first-order valence-electron chi connectivity index (χ1n) is 9.07. The molecule has 0 atom stereocenters. The molecule has 0 bridgehead atoms. The van der Waals surface area contributed by atoms with E-state index in [1.807, 2.05) is 43.3 Å². The predicted octanol–water partition coefficient (Wildman–Crippen LogP) is 2.54. The van der Waals surface area contributed by atoms with Crippen LogP contribution in [0.3, 0.4) is 0 Å². The Morgan fingerprint density at radius 1 is 1.19 bits per heavy atom. The number of nitrogens with one attached hydrogen (secondary N) is 3. The summed E-state index contributed by atoms with van der Waals surface area (Å²) in [7, 11) is 0. The van der Waals surface area contributed by atoms with Gasteiger partial charge in [0.2, 0.25) is 5.91 Å². The molecule has 1 aliphatic carbocycles. The van der Waals surface area contributed by atoms with Crippen molar-refractivity contribution in [3.8, 4) is 11.3 Å². The van der Waals surface area contributed by atoms with Gasteiger partial charge in [0.05, 0.1) is 6.54 Å². The van der Waals surface area contributed by atoms with E-state index < -0.39 is 0 Å². The number of hydrogen-bond donors (Lipinski definition) is 3. The molecule has 1 amide bonds. The first-order chi connectivity index (χ1) is 12.8. The van der Waals surface area contributed by atoms with Gasteiger partial charge in [0, 0.05) is 37.2 Å². The Morgan fingerprint density at radius 2 is 1.93 bits per heavy atom. The fourth-order valence-corrected chi connectivity index (χ4v) is 2.48. The van der Waals surface area contributed by atoms with E-state index >= 15 is 0 Å². The molecule has 1 aromatic heterocycles. The van der Waals surface area contributed by atoms with Gasteiger partial charge < -0.3 is 20.5 Å². The maximum atomic E-state index is 11.6. The number of carbonyl (C=O) groups excluding carboxylic acids is 1. The molecule has 0 radical (unpaired) electrons. The van der Waals surface area contributed by atoms with Gasteiger partial charge in [-0.1, -0.05) is 35.5 Å². The second-order valence-electron chi connectivity index (χ2n) is 6.24. The van der Waals surface area contributed by atoms with Crippen LogP contribution in [-0.4, -0.2) is 36.7 Å². The molecule has 27 heavy (non-hydrogen) atoms. The predicted molar refractivity (Wildman–Crippen MR) is 116 cm³/mol. The van der Waals surface area contributed by atoms with Crippen LogP contribution in [0.4, 0.5) is 0 Å². The molecule has 3 rings (SSSR count). The third-order valence-corrected chi connectivity index (χ3v) is 4.03. The Hall–Kier alpha value is -2.10. The Balaban J connectivity index is 0.00000261. The standard InChI is InChI=1S/C19H25N5O2.HI/c1-2-20-19(22-11-10-21-18(25)15-8-9-15)23-13-16-12-17(26-24-16)14-6-4-3-5-7-14;/h3-7,12,15H,2,8-11,13H2,1H3,(H,21,25)(H2,20,22,23);1H. The minimum Gasteiger partial charge on any atom is -0.357 e. The number of rotatable bonds is 8. The fraction of sp³-hybridized carbons (Fsp3) is 0.421. The van der Waals surface area contributed by atoms with Gasteiger partial charge >= 0.3 is 0 Å². The molecule has 2 aromatic rings. The van der Waals surface area contributed by atoms with Crippen molar-refractivity contribution in [2.45, 2.75) is 26.3 Å². The Morgan fingerprint density at radius 3 is 2.63 bits per heavy atom. The normalized spacial score (nSPS) is 13.6. The average molecular weight is 483 g/mol. The third-order valence-electron chi connectivity index (χ3n) is 4.03. The van der Waals surface area contributed by atoms with Crippen molar-refractivity contribution in [2.24, 2.45) is 10.9 Å². The van der Waals surface area contributed by atoms with E-state index in [0.29, 0.717) is 25.6 Å². The van der Waals surface area contributed by atoms with Gasteiger partial charge in [-0.2, -0.15) is 0 Å². The molecule has 146 valence electrons. The summed E-state index contributed by atoms with van der Waals surface area (Å²) in [5, 5.41) is 13.4. The van der Waals surface area contributed by atoms with E-state index in [9.17, 15) is 4.79 Å². The van der Waals surface area contributed by atoms with Gasteiger partial charge in [0.1, 0.15) is 5.69 Å². The molecule has 0 aliphatic heterocycles. The van der Waals surface area contributed by atoms with Crippen LogP contribution in [0, 0.1) is 5.92 Å². The summed E-state index contributed by atoms with van der Waals surface area (Å²) >= 11 is 0.